The molecular formula is C105H107N17O27. The van der Waals surface area contributed by atoms with Crippen LogP contribution in [-0.2, 0) is 62.3 Å². The molecule has 774 valence electrons. The molecule has 4 fully saturated rings. The number of amides is 12. The van der Waals surface area contributed by atoms with E-state index >= 15 is 0 Å². The molecule has 16 rings (SSSR count). The van der Waals surface area contributed by atoms with Gasteiger partial charge in [-0.05, 0) is 100 Å². The SMILES string of the molecule is COC(=O)CCC(=O)Nc1cccc2c(C(=O)C(=O)N3CCN(C(=O)c4ccccc4)C[C@H]3C)c[nH]c12.C[C@@H]1CN(C(=O)c2ccccc2)CCN1C(=O)C(=O)c1c[nH]c2c(NC(=O)C(O)C(N)C(=O)O)cccc12.C[C@@H]1CN(C(=O)c2ccccc2)CCN1C(=O)C(=O)c1c[nH]c2c(NC(=O)C(O)C(O)C(=O)O)cccc12.C[C@@H]1CN(C(=O)c2ccccc2)CCN1C(=O)C(=O)c1c[nH]c2c(NC(=O)CCC(=O)O)cccc12. The van der Waals surface area contributed by atoms with Gasteiger partial charge in [0.15, 0.2) is 18.3 Å². The van der Waals surface area contributed by atoms with E-state index in [1.165, 1.54) is 75.8 Å². The molecule has 0 spiro atoms. The third-order valence-corrected chi connectivity index (χ3v) is 25.5. The molecule has 8 aromatic carbocycles. The number of nitrogens with zero attached hydrogens (tertiary/aromatic N) is 8. The van der Waals surface area contributed by atoms with E-state index in [1.54, 1.807) is 186 Å². The number of nitrogens with two attached hydrogens (primary N) is 1. The fourth-order valence-corrected chi connectivity index (χ4v) is 17.5. The highest BCUT2D eigenvalue weighted by molar-refractivity contribution is 6.47. The molecule has 8 atom stereocenters. The van der Waals surface area contributed by atoms with E-state index in [0.29, 0.717) is 97.9 Å². The van der Waals surface area contributed by atoms with Crippen LogP contribution in [0.4, 0.5) is 22.7 Å². The number of ketones is 4. The molecule has 44 nitrogen and oxygen atoms in total. The molecule has 44 heteroatoms. The van der Waals surface area contributed by atoms with Crippen molar-refractivity contribution in [2.24, 2.45) is 5.73 Å². The van der Waals surface area contributed by atoms with Gasteiger partial charge >= 0.3 is 23.9 Å². The zero-order chi connectivity index (χ0) is 107. The van der Waals surface area contributed by atoms with Crippen molar-refractivity contribution in [1.29, 1.82) is 0 Å². The highest BCUT2D eigenvalue weighted by Crippen LogP contribution is 2.34. The average Bonchev–Trinajstić information content (AvgIpc) is 1.66. The number of carbonyl (C=O) groups is 20. The number of ether oxygens (including phenoxy) is 1. The fourth-order valence-electron chi connectivity index (χ4n) is 17.5. The van der Waals surface area contributed by atoms with Gasteiger partial charge in [0.2, 0.25) is 11.8 Å². The molecule has 12 amide bonds. The maximum atomic E-state index is 13.2. The van der Waals surface area contributed by atoms with Gasteiger partial charge in [-0.15, -0.1) is 0 Å². The molecule has 4 aliphatic heterocycles. The first-order valence-corrected chi connectivity index (χ1v) is 47.2. The molecular weight excluding hydrogens is 1930 g/mol. The Morgan fingerprint density at radius 3 is 0.819 bits per heavy atom. The van der Waals surface area contributed by atoms with Gasteiger partial charge in [-0.1, -0.05) is 121 Å². The van der Waals surface area contributed by atoms with E-state index in [9.17, 15) is 111 Å². The van der Waals surface area contributed by atoms with Crippen molar-refractivity contribution < 1.29 is 131 Å². The van der Waals surface area contributed by atoms with Gasteiger partial charge in [0, 0.05) is 184 Å². The van der Waals surface area contributed by atoms with Gasteiger partial charge in [-0.25, -0.2) is 4.79 Å². The number of carboxylic acid groups (broad SMARTS) is 3. The van der Waals surface area contributed by atoms with Crippen molar-refractivity contribution in [3.63, 3.8) is 0 Å². The van der Waals surface area contributed by atoms with Gasteiger partial charge < -0.3 is 122 Å². The first-order chi connectivity index (χ1) is 71.2. The number of aliphatic hydroxyl groups excluding tert-OH is 3. The molecule has 0 radical (unpaired) electrons. The number of nitrogens with one attached hydrogen (secondary N) is 8. The van der Waals surface area contributed by atoms with Crippen molar-refractivity contribution in [1.82, 2.24) is 59.1 Å². The Bertz CT molecular complexity index is 6960. The standard InChI is InChI=1S/C27H28N4O6.C26H27N5O7.C26H26N4O8.C26H26N4O6/c1-17-16-30(26(35)18-7-4-3-5-8-18)13-14-31(17)27(36)25(34)20-15-28-24-19(20)9-6-10-21(24)29-22(32)11-12-23(33)37-2;1-14-13-30(24(35)15-6-3-2-4-7-15)10-11-31(14)25(36)21(32)17-12-28-20-16(17)8-5-9-18(20)29-23(34)22(33)19(27)26(37)38;1-14-13-29(24(35)15-6-3-2-4-7-15)10-11-30(14)25(36)20(31)17-12-27-19-16(17)8-5-9-18(19)28-23(34)21(32)22(33)26(37)38;1-16-15-29(25(35)17-6-3-2-4-7-17)12-13-30(16)26(36)24(34)19-14-27-23-18(19)8-5-9-20(23)28-21(31)10-11-22(32)33/h3-10,15,17,28H,11-14,16H2,1-2H3,(H,29,32);2-9,12,14,19,22,28,33H,10-11,13,27H2,1H3,(H,29,34)(H,37,38);2-9,12,14,21-22,27,32-33H,10-11,13H2,1H3,(H,28,34)(H,37,38);2-9,14,16,27H,10-13,15H2,1H3,(H,28,31)(H,32,33)/t17-;14-,19?,22?;14-,21?,22?;16-/m1111/s1. The molecule has 4 aliphatic rings. The van der Waals surface area contributed by atoms with Crippen molar-refractivity contribution >= 4 is 184 Å². The van der Waals surface area contributed by atoms with Crippen LogP contribution in [0.3, 0.4) is 0 Å². The van der Waals surface area contributed by atoms with Crippen LogP contribution in [0.2, 0.25) is 0 Å². The van der Waals surface area contributed by atoms with Crippen LogP contribution in [0.15, 0.2) is 219 Å². The zero-order valence-electron chi connectivity index (χ0n) is 81.1. The minimum atomic E-state index is -2.32. The minimum absolute atomic E-state index is 0.0509. The number of aliphatic hydroxyl groups is 3. The lowest BCUT2D eigenvalue weighted by molar-refractivity contribution is -0.156. The summed E-state index contributed by atoms with van der Waals surface area (Å²) in [6.45, 7) is 10.4. The molecule has 4 aromatic heterocycles. The maximum absolute atomic E-state index is 13.2. The molecule has 0 saturated carbocycles. The zero-order valence-corrected chi connectivity index (χ0v) is 81.1. The monoisotopic (exact) mass is 2040 g/mol. The summed E-state index contributed by atoms with van der Waals surface area (Å²) in [5.41, 5.74) is 10.7. The Labute approximate surface area is 848 Å². The van der Waals surface area contributed by atoms with Gasteiger partial charge in [0.25, 0.3) is 82.2 Å². The number of aromatic nitrogens is 4. The Kier molecular flexibility index (Phi) is 35.3. The summed E-state index contributed by atoms with van der Waals surface area (Å²) < 4.78 is 4.55. The van der Waals surface area contributed by atoms with Gasteiger partial charge in [0.05, 0.1) is 87.0 Å². The number of benzene rings is 8. The number of aromatic amines is 4. The summed E-state index contributed by atoms with van der Waals surface area (Å²) in [5, 5.41) is 67.2. The lowest BCUT2D eigenvalue weighted by Crippen LogP contribution is -2.56. The first kappa shape index (κ1) is 108. The normalized spacial score (nSPS) is 16.3. The first-order valence-electron chi connectivity index (χ1n) is 47.2. The second kappa shape index (κ2) is 48.6. The number of methoxy groups -OCH3 is 1. The van der Waals surface area contributed by atoms with E-state index in [2.05, 4.69) is 45.9 Å². The van der Waals surface area contributed by atoms with Gasteiger partial charge in [-0.2, -0.15) is 0 Å². The van der Waals surface area contributed by atoms with E-state index in [-0.39, 0.29) is 159 Å². The van der Waals surface area contributed by atoms with Crippen molar-refractivity contribution in [3.05, 3.63) is 263 Å². The summed E-state index contributed by atoms with van der Waals surface area (Å²) in [6, 6.07) is 51.2. The molecule has 16 N–H and O–H groups in total. The quantitative estimate of drug-likeness (QED) is 0.0151. The third kappa shape index (κ3) is 25.3. The van der Waals surface area contributed by atoms with Crippen LogP contribution in [0.1, 0.15) is 136 Å². The topological polar surface area (TPSA) is 635 Å². The molecule has 4 saturated heterocycles. The number of hydrogen-bond acceptors (Lipinski definition) is 25. The number of carbonyl (C=O) groups excluding carboxylic acids is 17. The number of fused-ring (bicyclic) bond motifs is 4. The highest BCUT2D eigenvalue weighted by atomic mass is 16.5. The van der Waals surface area contributed by atoms with Crippen molar-refractivity contribution in [2.45, 2.75) is 102 Å². The van der Waals surface area contributed by atoms with Gasteiger partial charge in [0.1, 0.15) is 6.04 Å². The van der Waals surface area contributed by atoms with Crippen LogP contribution < -0.4 is 27.0 Å². The molecule has 0 bridgehead atoms. The number of anilines is 4. The van der Waals surface area contributed by atoms with Crippen LogP contribution in [0, 0.1) is 0 Å². The van der Waals surface area contributed by atoms with E-state index in [4.69, 9.17) is 21.1 Å². The Morgan fingerprint density at radius 2 is 0.577 bits per heavy atom. The highest BCUT2D eigenvalue weighted by Gasteiger charge is 2.42. The lowest BCUT2D eigenvalue weighted by Gasteiger charge is -2.39. The molecule has 149 heavy (non-hydrogen) atoms. The Morgan fingerprint density at radius 1 is 0.322 bits per heavy atom. The molecule has 8 heterocycles. The number of H-pyrrole nitrogens is 4. The summed E-state index contributed by atoms with van der Waals surface area (Å²) in [7, 11) is 1.25. The van der Waals surface area contributed by atoms with E-state index < -0.39 is 125 Å². The molecule has 4 unspecified atom stereocenters. The van der Waals surface area contributed by atoms with Crippen LogP contribution in [0.25, 0.3) is 43.6 Å². The predicted octanol–water partition coefficient (Wildman–Crippen LogP) is 6.05. The second-order valence-corrected chi connectivity index (χ2v) is 35.5. The van der Waals surface area contributed by atoms with E-state index in [0.717, 1.165) is 0 Å². The number of para-hydroxylation sites is 4. The largest absolute Gasteiger partial charge is 0.481 e. The van der Waals surface area contributed by atoms with Crippen molar-refractivity contribution in [3.8, 4) is 0 Å². The number of piperazine rings is 4. The van der Waals surface area contributed by atoms with Gasteiger partial charge in [-0.3, -0.25) is 91.1 Å². The number of hydrogen-bond donors (Lipinski definition) is 15. The van der Waals surface area contributed by atoms with E-state index in [1.807, 2.05) is 31.2 Å². The Hall–Kier alpha value is -18.0. The van der Waals surface area contributed by atoms with Crippen molar-refractivity contribution in [2.75, 3.05) is 107 Å². The molecule has 12 aromatic rings. The average molecular weight is 2040 g/mol. The summed E-state index contributed by atoms with van der Waals surface area (Å²) in [6.07, 6.45) is -1.59. The lowest BCUT2D eigenvalue weighted by atomic mass is 10.1. The number of aliphatic carboxylic acids is 3. The number of rotatable bonds is 28. The summed E-state index contributed by atoms with van der Waals surface area (Å²) in [5.74, 6) is -14.1. The summed E-state index contributed by atoms with van der Waals surface area (Å²) in [4.78, 5) is 273. The minimum Gasteiger partial charge on any atom is -0.481 e. The second-order valence-electron chi connectivity index (χ2n) is 35.5. The fraction of sp³-hybridized carbons (Fsp3) is 0.276. The third-order valence-electron chi connectivity index (χ3n) is 25.5. The predicted molar refractivity (Wildman–Crippen MR) is 539 cm³/mol. The van der Waals surface area contributed by atoms with Crippen LogP contribution in [0.5, 0.6) is 0 Å². The maximum Gasteiger partial charge on any atom is 0.335 e. The number of Topliss-reactive ketones (excluding diaryl/α,β-unsaturated/α-hetero) is 4. The van der Waals surface area contributed by atoms with Crippen LogP contribution >= 0.6 is 0 Å². The summed E-state index contributed by atoms with van der Waals surface area (Å²) >= 11 is 0. The number of esters is 1. The number of carboxylic acids is 3. The smallest absolute Gasteiger partial charge is 0.335 e. The van der Waals surface area contributed by atoms with Crippen LogP contribution in [-0.4, -0.2) is 342 Å². The Balaban J connectivity index is 0.000000166. The molecule has 0 aliphatic carbocycles.